The molecule has 0 saturated heterocycles. The van der Waals surface area contributed by atoms with E-state index >= 15 is 0 Å². The van der Waals surface area contributed by atoms with Crippen molar-refractivity contribution >= 4 is 11.8 Å². The molecule has 0 bridgehead atoms. The first kappa shape index (κ1) is 10.7. The molecule has 82 valence electrons. The van der Waals surface area contributed by atoms with Crippen LogP contribution in [0.1, 0.15) is 18.2 Å². The fourth-order valence-corrected chi connectivity index (χ4v) is 2.03. The van der Waals surface area contributed by atoms with Crippen LogP contribution in [0.15, 0.2) is 49.7 Å². The van der Waals surface area contributed by atoms with E-state index in [4.69, 9.17) is 0 Å². The second-order valence-corrected chi connectivity index (χ2v) is 4.22. The minimum absolute atomic E-state index is 0.639. The van der Waals surface area contributed by atoms with Crippen LogP contribution in [0.5, 0.6) is 0 Å². The topological polar surface area (TPSA) is 4.93 Å². The first-order valence-corrected chi connectivity index (χ1v) is 5.59. The highest BCUT2D eigenvalue weighted by atomic mass is 15.0. The van der Waals surface area contributed by atoms with Crippen molar-refractivity contribution in [3.05, 3.63) is 61.0 Å². The molecule has 16 heavy (non-hydrogen) atoms. The van der Waals surface area contributed by atoms with E-state index in [1.54, 1.807) is 6.08 Å². The Morgan fingerprint density at radius 2 is 2.38 bits per heavy atom. The minimum atomic E-state index is 0.639. The Labute approximate surface area is 97.1 Å². The van der Waals surface area contributed by atoms with E-state index < -0.39 is 0 Å². The number of fused-ring (bicyclic) bond motifs is 1. The molecule has 1 heteroatoms. The average Bonchev–Trinajstić information content (AvgIpc) is 2.68. The number of hydrogen-bond acceptors (Lipinski definition) is 0. The highest BCUT2D eigenvalue weighted by Crippen LogP contribution is 2.25. The quantitative estimate of drug-likeness (QED) is 0.668. The lowest BCUT2D eigenvalue weighted by Crippen LogP contribution is -2.04. The first-order valence-electron chi connectivity index (χ1n) is 5.59. The molecule has 0 N–H and O–H groups in total. The average molecular weight is 211 g/mol. The van der Waals surface area contributed by atoms with Crippen LogP contribution in [-0.4, -0.2) is 4.57 Å². The summed E-state index contributed by atoms with van der Waals surface area (Å²) in [6, 6.07) is 2.18. The van der Waals surface area contributed by atoms with E-state index in [0.29, 0.717) is 5.92 Å². The maximum Gasteiger partial charge on any atom is 0.0484 e. The van der Waals surface area contributed by atoms with Gasteiger partial charge in [0.25, 0.3) is 0 Å². The van der Waals surface area contributed by atoms with Crippen LogP contribution in [0.4, 0.5) is 0 Å². The lowest BCUT2D eigenvalue weighted by Gasteiger charge is -2.14. The lowest BCUT2D eigenvalue weighted by molar-refractivity contribution is 0.715. The summed E-state index contributed by atoms with van der Waals surface area (Å²) in [6.07, 6.45) is 13.3. The van der Waals surface area contributed by atoms with E-state index in [2.05, 4.69) is 49.1 Å². The molecule has 1 aliphatic rings. The molecule has 0 aromatic carbocycles. The number of allylic oxidation sites excluding steroid dienone is 5. The molecule has 1 aromatic rings. The molecule has 1 aromatic heterocycles. The van der Waals surface area contributed by atoms with E-state index in [-0.39, 0.29) is 0 Å². The molecule has 0 fully saturated rings. The molecule has 2 rings (SSSR count). The molecule has 1 nitrogen and oxygen atoms in total. The lowest BCUT2D eigenvalue weighted by atomic mass is 9.95. The Hall–Kier alpha value is -1.76. The number of rotatable bonds is 3. The van der Waals surface area contributed by atoms with E-state index in [0.717, 1.165) is 12.1 Å². The highest BCUT2D eigenvalue weighted by Gasteiger charge is 2.13. The summed E-state index contributed by atoms with van der Waals surface area (Å²) in [4.78, 5) is 0. The molecule has 1 atom stereocenters. The van der Waals surface area contributed by atoms with Crippen molar-refractivity contribution in [2.24, 2.45) is 5.92 Å². The number of nitrogens with zero attached hydrogens (tertiary/aromatic N) is 1. The van der Waals surface area contributed by atoms with Crippen molar-refractivity contribution in [3.8, 4) is 0 Å². The van der Waals surface area contributed by atoms with Gasteiger partial charge in [-0.2, -0.15) is 0 Å². The normalized spacial score (nSPS) is 18.7. The number of aromatic nitrogens is 1. The van der Waals surface area contributed by atoms with Crippen LogP contribution < -0.4 is 0 Å². The van der Waals surface area contributed by atoms with Gasteiger partial charge in [0.15, 0.2) is 0 Å². The van der Waals surface area contributed by atoms with Crippen LogP contribution in [0.25, 0.3) is 11.8 Å². The fraction of sp³-hybridized carbons (Fsp3) is 0.200. The van der Waals surface area contributed by atoms with Gasteiger partial charge in [0, 0.05) is 17.6 Å². The Morgan fingerprint density at radius 3 is 3.12 bits per heavy atom. The van der Waals surface area contributed by atoms with Crippen molar-refractivity contribution in [3.63, 3.8) is 0 Å². The Kier molecular flexibility index (Phi) is 2.95. The van der Waals surface area contributed by atoms with Gasteiger partial charge in [-0.25, -0.2) is 0 Å². The molecule has 0 spiro atoms. The largest absolute Gasteiger partial charge is 0.318 e. The number of hydrogen-bond donors (Lipinski definition) is 0. The summed E-state index contributed by atoms with van der Waals surface area (Å²) in [5.41, 5.74) is 3.64. The van der Waals surface area contributed by atoms with Crippen molar-refractivity contribution in [1.82, 2.24) is 4.57 Å². The van der Waals surface area contributed by atoms with Gasteiger partial charge in [-0.1, -0.05) is 38.3 Å². The second kappa shape index (κ2) is 4.40. The summed E-state index contributed by atoms with van der Waals surface area (Å²) in [6.45, 7) is 9.96. The molecular formula is C15H17N. The standard InChI is InChI=1S/C15H17N/c1-4-5-6-13(3)16-10-9-14-11-12(2)7-8-15(14)16/h4-10,12H,1,3,11H2,2H3/b6-5-. The van der Waals surface area contributed by atoms with Gasteiger partial charge in [0.1, 0.15) is 0 Å². The van der Waals surface area contributed by atoms with Gasteiger partial charge in [0.05, 0.1) is 0 Å². The Balaban J connectivity index is 2.33. The SMILES string of the molecule is C=C/C=C\C(=C)n1ccc2c1C=CC(C)C2. The van der Waals surface area contributed by atoms with Crippen LogP contribution in [0.2, 0.25) is 0 Å². The molecule has 1 heterocycles. The molecule has 0 radical (unpaired) electrons. The molecule has 0 aliphatic heterocycles. The maximum absolute atomic E-state index is 4.06. The van der Waals surface area contributed by atoms with Crippen LogP contribution in [0.3, 0.4) is 0 Å². The van der Waals surface area contributed by atoms with Gasteiger partial charge < -0.3 is 4.57 Å². The Bertz CT molecular complexity index is 472. The van der Waals surface area contributed by atoms with E-state index in [1.807, 2.05) is 12.2 Å². The second-order valence-electron chi connectivity index (χ2n) is 4.22. The summed E-state index contributed by atoms with van der Waals surface area (Å²) in [5.74, 6) is 0.639. The predicted molar refractivity (Wildman–Crippen MR) is 71.0 cm³/mol. The van der Waals surface area contributed by atoms with Gasteiger partial charge in [0.2, 0.25) is 0 Å². The summed E-state index contributed by atoms with van der Waals surface area (Å²) >= 11 is 0. The summed E-state index contributed by atoms with van der Waals surface area (Å²) < 4.78 is 2.12. The molecule has 1 aliphatic carbocycles. The van der Waals surface area contributed by atoms with Crippen LogP contribution in [-0.2, 0) is 6.42 Å². The highest BCUT2D eigenvalue weighted by molar-refractivity contribution is 5.64. The molecule has 1 unspecified atom stereocenters. The fourth-order valence-electron chi connectivity index (χ4n) is 2.03. The van der Waals surface area contributed by atoms with Crippen LogP contribution >= 0.6 is 0 Å². The van der Waals surface area contributed by atoms with Gasteiger partial charge >= 0.3 is 0 Å². The van der Waals surface area contributed by atoms with Gasteiger partial charge in [-0.3, -0.25) is 0 Å². The monoisotopic (exact) mass is 211 g/mol. The third-order valence-corrected chi connectivity index (χ3v) is 2.87. The zero-order valence-corrected chi connectivity index (χ0v) is 9.69. The van der Waals surface area contributed by atoms with Crippen molar-refractivity contribution in [1.29, 1.82) is 0 Å². The maximum atomic E-state index is 4.06. The smallest absolute Gasteiger partial charge is 0.0484 e. The van der Waals surface area contributed by atoms with Crippen molar-refractivity contribution in [2.75, 3.05) is 0 Å². The van der Waals surface area contributed by atoms with Crippen molar-refractivity contribution < 1.29 is 0 Å². The third-order valence-electron chi connectivity index (χ3n) is 2.87. The predicted octanol–water partition coefficient (Wildman–Crippen LogP) is 3.91. The van der Waals surface area contributed by atoms with Gasteiger partial charge in [-0.05, 0) is 36.1 Å². The first-order chi connectivity index (χ1) is 7.72. The molecule has 0 saturated carbocycles. The Morgan fingerprint density at radius 1 is 1.56 bits per heavy atom. The zero-order valence-electron chi connectivity index (χ0n) is 9.69. The minimum Gasteiger partial charge on any atom is -0.318 e. The summed E-state index contributed by atoms with van der Waals surface area (Å²) in [7, 11) is 0. The van der Waals surface area contributed by atoms with Crippen molar-refractivity contribution in [2.45, 2.75) is 13.3 Å². The molecule has 0 amide bonds. The third kappa shape index (κ3) is 1.94. The van der Waals surface area contributed by atoms with Crippen LogP contribution in [0, 0.1) is 5.92 Å². The van der Waals surface area contributed by atoms with Gasteiger partial charge in [-0.15, -0.1) is 0 Å². The van der Waals surface area contributed by atoms with E-state index in [9.17, 15) is 0 Å². The molecular weight excluding hydrogens is 194 g/mol. The van der Waals surface area contributed by atoms with E-state index in [1.165, 1.54) is 11.3 Å². The zero-order chi connectivity index (χ0) is 11.5. The summed E-state index contributed by atoms with van der Waals surface area (Å²) in [5, 5.41) is 0.